The van der Waals surface area contributed by atoms with Gasteiger partial charge in [0, 0.05) is 18.2 Å². The van der Waals surface area contributed by atoms with Gasteiger partial charge in [-0.2, -0.15) is 0 Å². The maximum Gasteiger partial charge on any atom is 0.307 e. The maximum absolute atomic E-state index is 12.8. The minimum Gasteiger partial charge on any atom is -0.481 e. The van der Waals surface area contributed by atoms with Gasteiger partial charge in [0.2, 0.25) is 0 Å². The van der Waals surface area contributed by atoms with Gasteiger partial charge in [-0.3, -0.25) is 4.79 Å². The Morgan fingerprint density at radius 1 is 1.50 bits per heavy atom. The minimum absolute atomic E-state index is 0.0214. The average molecular weight is 255 g/mol. The molecule has 2 N–H and O–H groups in total. The number of benzene rings is 1. The van der Waals surface area contributed by atoms with Gasteiger partial charge in [0.25, 0.3) is 6.43 Å². The minimum atomic E-state index is -2.50. The van der Waals surface area contributed by atoms with E-state index in [9.17, 15) is 13.6 Å². The number of aryl methyl sites for hydroxylation is 1. The highest BCUT2D eigenvalue weighted by molar-refractivity contribution is 5.70. The van der Waals surface area contributed by atoms with Gasteiger partial charge < -0.3 is 10.4 Å². The lowest BCUT2D eigenvalue weighted by molar-refractivity contribution is -0.141. The first-order valence-electron chi connectivity index (χ1n) is 5.84. The van der Waals surface area contributed by atoms with Crippen LogP contribution in [0.5, 0.6) is 0 Å². The van der Waals surface area contributed by atoms with E-state index in [4.69, 9.17) is 5.11 Å². The van der Waals surface area contributed by atoms with Crippen LogP contribution in [0.4, 0.5) is 8.78 Å². The van der Waals surface area contributed by atoms with E-state index in [1.54, 1.807) is 19.1 Å². The number of carboxylic acids is 1. The van der Waals surface area contributed by atoms with Gasteiger partial charge in [0.15, 0.2) is 0 Å². The number of rotatable bonds is 3. The lowest BCUT2D eigenvalue weighted by Gasteiger charge is -2.13. The Hall–Kier alpha value is -1.49. The Balaban J connectivity index is 2.20. The zero-order valence-electron chi connectivity index (χ0n) is 9.99. The fourth-order valence-corrected chi connectivity index (χ4v) is 2.29. The fourth-order valence-electron chi connectivity index (χ4n) is 2.29. The highest BCUT2D eigenvalue weighted by Crippen LogP contribution is 2.31. The van der Waals surface area contributed by atoms with Crippen molar-refractivity contribution in [3.63, 3.8) is 0 Å². The topological polar surface area (TPSA) is 49.3 Å². The SMILES string of the molecule is Cc1ccc(C2CC(C(=O)O)CN2)cc1C(F)F. The van der Waals surface area contributed by atoms with Gasteiger partial charge in [-0.05, 0) is 30.5 Å². The second kappa shape index (κ2) is 5.02. The number of carboxylic acid groups (broad SMARTS) is 1. The summed E-state index contributed by atoms with van der Waals surface area (Å²) >= 11 is 0. The summed E-state index contributed by atoms with van der Waals surface area (Å²) in [5.41, 5.74) is 1.31. The second-order valence-corrected chi connectivity index (χ2v) is 4.65. The number of nitrogens with one attached hydrogen (secondary N) is 1. The predicted molar refractivity (Wildman–Crippen MR) is 62.6 cm³/mol. The molecule has 1 aromatic rings. The van der Waals surface area contributed by atoms with E-state index < -0.39 is 18.3 Å². The van der Waals surface area contributed by atoms with Crippen LogP contribution in [0.3, 0.4) is 0 Å². The Bertz CT molecular complexity index is 462. The fraction of sp³-hybridized carbons (Fsp3) is 0.462. The molecule has 0 aromatic heterocycles. The first kappa shape index (κ1) is 13.0. The maximum atomic E-state index is 12.8. The third-order valence-electron chi connectivity index (χ3n) is 3.42. The molecule has 0 spiro atoms. The van der Waals surface area contributed by atoms with E-state index in [1.165, 1.54) is 6.07 Å². The number of halogens is 2. The zero-order valence-corrected chi connectivity index (χ0v) is 9.99. The number of hydrogen-bond acceptors (Lipinski definition) is 2. The molecule has 1 aliphatic heterocycles. The van der Waals surface area contributed by atoms with Crippen molar-refractivity contribution in [1.29, 1.82) is 0 Å². The van der Waals surface area contributed by atoms with Crippen molar-refractivity contribution in [2.75, 3.05) is 6.54 Å². The van der Waals surface area contributed by atoms with E-state index in [-0.39, 0.29) is 11.6 Å². The molecule has 1 heterocycles. The molecule has 2 atom stereocenters. The van der Waals surface area contributed by atoms with E-state index in [0.29, 0.717) is 18.5 Å². The third-order valence-corrected chi connectivity index (χ3v) is 3.42. The molecule has 0 aliphatic carbocycles. The summed E-state index contributed by atoms with van der Waals surface area (Å²) in [6.45, 7) is 2.03. The molecule has 1 saturated heterocycles. The Morgan fingerprint density at radius 2 is 2.22 bits per heavy atom. The van der Waals surface area contributed by atoms with Crippen LogP contribution in [0.2, 0.25) is 0 Å². The average Bonchev–Trinajstić information content (AvgIpc) is 2.78. The predicted octanol–water partition coefficient (Wildman–Crippen LogP) is 2.67. The molecule has 18 heavy (non-hydrogen) atoms. The van der Waals surface area contributed by atoms with E-state index >= 15 is 0 Å². The van der Waals surface area contributed by atoms with Crippen molar-refractivity contribution in [3.8, 4) is 0 Å². The smallest absolute Gasteiger partial charge is 0.307 e. The van der Waals surface area contributed by atoms with E-state index in [0.717, 1.165) is 5.56 Å². The molecular formula is C13H15F2NO2. The van der Waals surface area contributed by atoms with Gasteiger partial charge in [0.05, 0.1) is 5.92 Å². The van der Waals surface area contributed by atoms with Gasteiger partial charge in [-0.25, -0.2) is 8.78 Å². The van der Waals surface area contributed by atoms with E-state index in [1.807, 2.05) is 0 Å². The highest BCUT2D eigenvalue weighted by atomic mass is 19.3. The second-order valence-electron chi connectivity index (χ2n) is 4.65. The van der Waals surface area contributed by atoms with Crippen molar-refractivity contribution in [3.05, 3.63) is 34.9 Å². The van der Waals surface area contributed by atoms with Gasteiger partial charge in [-0.1, -0.05) is 12.1 Å². The molecule has 2 rings (SSSR count). The number of aliphatic carboxylic acids is 1. The molecule has 0 saturated carbocycles. The summed E-state index contributed by atoms with van der Waals surface area (Å²) in [5, 5.41) is 12.0. The molecule has 1 fully saturated rings. The van der Waals surface area contributed by atoms with Gasteiger partial charge in [0.1, 0.15) is 0 Å². The van der Waals surface area contributed by atoms with Gasteiger partial charge >= 0.3 is 5.97 Å². The van der Waals surface area contributed by atoms with Crippen molar-refractivity contribution >= 4 is 5.97 Å². The van der Waals surface area contributed by atoms with Crippen LogP contribution in [-0.2, 0) is 4.79 Å². The summed E-state index contributed by atoms with van der Waals surface area (Å²) < 4.78 is 25.6. The Morgan fingerprint density at radius 3 is 2.78 bits per heavy atom. The molecule has 0 amide bonds. The molecule has 0 radical (unpaired) electrons. The van der Waals surface area contributed by atoms with Crippen LogP contribution in [0.25, 0.3) is 0 Å². The monoisotopic (exact) mass is 255 g/mol. The van der Waals surface area contributed by atoms with Crippen LogP contribution in [0.15, 0.2) is 18.2 Å². The lowest BCUT2D eigenvalue weighted by atomic mass is 9.97. The Labute approximate surface area is 104 Å². The molecule has 98 valence electrons. The Kier molecular flexibility index (Phi) is 3.61. The van der Waals surface area contributed by atoms with Crippen molar-refractivity contribution in [2.24, 2.45) is 5.92 Å². The number of alkyl halides is 2. The molecule has 3 nitrogen and oxygen atoms in total. The number of carbonyl (C=O) groups is 1. The van der Waals surface area contributed by atoms with Crippen LogP contribution in [-0.4, -0.2) is 17.6 Å². The van der Waals surface area contributed by atoms with Crippen LogP contribution >= 0.6 is 0 Å². The molecule has 0 bridgehead atoms. The standard InChI is InChI=1S/C13H15F2NO2/c1-7-2-3-8(4-10(7)12(14)15)11-5-9(6-16-11)13(17)18/h2-4,9,11-12,16H,5-6H2,1H3,(H,17,18). The van der Waals surface area contributed by atoms with Crippen molar-refractivity contribution in [2.45, 2.75) is 25.8 Å². The molecule has 1 aliphatic rings. The third kappa shape index (κ3) is 2.51. The molecular weight excluding hydrogens is 240 g/mol. The van der Waals surface area contributed by atoms with Gasteiger partial charge in [-0.15, -0.1) is 0 Å². The van der Waals surface area contributed by atoms with Crippen molar-refractivity contribution < 1.29 is 18.7 Å². The lowest BCUT2D eigenvalue weighted by Crippen LogP contribution is -2.17. The summed E-state index contributed by atoms with van der Waals surface area (Å²) in [7, 11) is 0. The largest absolute Gasteiger partial charge is 0.481 e. The van der Waals surface area contributed by atoms with Crippen LogP contribution in [0, 0.1) is 12.8 Å². The first-order chi connectivity index (χ1) is 8.49. The van der Waals surface area contributed by atoms with E-state index in [2.05, 4.69) is 5.32 Å². The molecule has 2 unspecified atom stereocenters. The highest BCUT2D eigenvalue weighted by Gasteiger charge is 2.30. The molecule has 1 aromatic carbocycles. The van der Waals surface area contributed by atoms with Crippen molar-refractivity contribution in [1.82, 2.24) is 5.32 Å². The normalized spacial score (nSPS) is 23.6. The summed E-state index contributed by atoms with van der Waals surface area (Å²) in [6, 6.07) is 4.77. The van der Waals surface area contributed by atoms with Crippen LogP contribution < -0.4 is 5.32 Å². The summed E-state index contributed by atoms with van der Waals surface area (Å²) in [5.74, 6) is -1.28. The zero-order chi connectivity index (χ0) is 13.3. The first-order valence-corrected chi connectivity index (χ1v) is 5.84. The quantitative estimate of drug-likeness (QED) is 0.873. The molecule has 5 heteroatoms. The summed E-state index contributed by atoms with van der Waals surface area (Å²) in [4.78, 5) is 10.8. The number of hydrogen-bond donors (Lipinski definition) is 2. The summed E-state index contributed by atoms with van der Waals surface area (Å²) in [6.07, 6.45) is -2.05. The van der Waals surface area contributed by atoms with Crippen LogP contribution in [0.1, 0.15) is 35.6 Å².